The van der Waals surface area contributed by atoms with Gasteiger partial charge in [-0.15, -0.1) is 0 Å². The highest BCUT2D eigenvalue weighted by Gasteiger charge is 2.31. The molecule has 2 aliphatic rings. The molecule has 0 N–H and O–H groups in total. The van der Waals surface area contributed by atoms with E-state index in [2.05, 4.69) is 0 Å². The van der Waals surface area contributed by atoms with Crippen LogP contribution in [0.15, 0.2) is 53.5 Å². The molecule has 0 aliphatic carbocycles. The number of benzene rings is 2. The SMILES string of the molecule is O=C(c1cn2c3c(cccc3c1=O)CC2)N1CC[C@H](c2ccccc2F)C1. The lowest BCUT2D eigenvalue weighted by atomic mass is 9.98. The molecule has 0 spiro atoms. The van der Waals surface area contributed by atoms with E-state index in [1.165, 1.54) is 6.07 Å². The van der Waals surface area contributed by atoms with E-state index in [1.807, 2.05) is 22.8 Å². The monoisotopic (exact) mass is 362 g/mol. The molecule has 0 saturated carbocycles. The van der Waals surface area contributed by atoms with E-state index >= 15 is 0 Å². The molecule has 1 atom stereocenters. The Hall–Kier alpha value is -2.95. The van der Waals surface area contributed by atoms with E-state index in [0.717, 1.165) is 24.0 Å². The smallest absolute Gasteiger partial charge is 0.259 e. The minimum atomic E-state index is -0.248. The van der Waals surface area contributed by atoms with Crippen molar-refractivity contribution in [3.63, 3.8) is 0 Å². The van der Waals surface area contributed by atoms with Gasteiger partial charge in [-0.25, -0.2) is 4.39 Å². The fourth-order valence-corrected chi connectivity index (χ4v) is 4.48. The standard InChI is InChI=1S/C22H19FN2O2/c23-19-7-2-1-5-16(19)15-9-11-25(12-15)22(27)18-13-24-10-8-14-4-3-6-17(20(14)24)21(18)26/h1-7,13,15H,8-12H2/t15-/m0/s1. The van der Waals surface area contributed by atoms with E-state index in [-0.39, 0.29) is 28.6 Å². The number of carbonyl (C=O) groups is 1. The molecular formula is C22H19FN2O2. The van der Waals surface area contributed by atoms with Crippen LogP contribution in [-0.4, -0.2) is 28.5 Å². The van der Waals surface area contributed by atoms with Crippen molar-refractivity contribution in [3.8, 4) is 0 Å². The van der Waals surface area contributed by atoms with Crippen molar-refractivity contribution in [2.75, 3.05) is 13.1 Å². The molecule has 1 saturated heterocycles. The van der Waals surface area contributed by atoms with E-state index in [1.54, 1.807) is 29.3 Å². The zero-order chi connectivity index (χ0) is 18.5. The van der Waals surface area contributed by atoms with Gasteiger partial charge in [0.15, 0.2) is 0 Å². The molecule has 2 aliphatic heterocycles. The third kappa shape index (κ3) is 2.49. The van der Waals surface area contributed by atoms with Gasteiger partial charge in [0.25, 0.3) is 5.91 Å². The summed E-state index contributed by atoms with van der Waals surface area (Å²) in [6.45, 7) is 1.76. The fraction of sp³-hybridized carbons (Fsp3) is 0.273. The highest BCUT2D eigenvalue weighted by atomic mass is 19.1. The Kier molecular flexibility index (Phi) is 3.64. The van der Waals surface area contributed by atoms with Crippen LogP contribution in [0.3, 0.4) is 0 Å². The van der Waals surface area contributed by atoms with Gasteiger partial charge in [0.05, 0.1) is 5.52 Å². The number of hydrogen-bond acceptors (Lipinski definition) is 2. The lowest BCUT2D eigenvalue weighted by molar-refractivity contribution is 0.0788. The minimum Gasteiger partial charge on any atom is -0.346 e. The largest absolute Gasteiger partial charge is 0.346 e. The van der Waals surface area contributed by atoms with Crippen LogP contribution in [0.25, 0.3) is 10.9 Å². The predicted octanol–water partition coefficient (Wildman–Crippen LogP) is 3.33. The van der Waals surface area contributed by atoms with Gasteiger partial charge < -0.3 is 9.47 Å². The van der Waals surface area contributed by atoms with E-state index in [0.29, 0.717) is 30.5 Å². The molecule has 5 heteroatoms. The average molecular weight is 362 g/mol. The molecule has 4 nitrogen and oxygen atoms in total. The Morgan fingerprint density at radius 1 is 1.07 bits per heavy atom. The number of pyridine rings is 1. The first kappa shape index (κ1) is 16.2. The van der Waals surface area contributed by atoms with E-state index < -0.39 is 0 Å². The molecule has 1 amide bonds. The maximum absolute atomic E-state index is 14.1. The van der Waals surface area contributed by atoms with E-state index in [4.69, 9.17) is 0 Å². The number of likely N-dealkylation sites (tertiary alicyclic amines) is 1. The van der Waals surface area contributed by atoms with Crippen LogP contribution in [0.4, 0.5) is 4.39 Å². The Bertz CT molecular complexity index is 1130. The van der Waals surface area contributed by atoms with Crippen LogP contribution in [0, 0.1) is 5.82 Å². The Labute approximate surface area is 155 Å². The lowest BCUT2D eigenvalue weighted by Crippen LogP contribution is -2.33. The number of nitrogens with zero attached hydrogens (tertiary/aromatic N) is 2. The molecule has 27 heavy (non-hydrogen) atoms. The molecule has 0 radical (unpaired) electrons. The number of aryl methyl sites for hydroxylation is 2. The van der Waals surface area contributed by atoms with Crippen LogP contribution in [0.1, 0.15) is 33.8 Å². The van der Waals surface area contributed by atoms with Crippen LogP contribution >= 0.6 is 0 Å². The van der Waals surface area contributed by atoms with Gasteiger partial charge in [-0.2, -0.15) is 0 Å². The third-order valence-corrected chi connectivity index (χ3v) is 5.85. The number of halogens is 1. The molecule has 0 unspecified atom stereocenters. The van der Waals surface area contributed by atoms with Crippen molar-refractivity contribution in [1.82, 2.24) is 9.47 Å². The maximum Gasteiger partial charge on any atom is 0.259 e. The van der Waals surface area contributed by atoms with Crippen molar-refractivity contribution in [1.29, 1.82) is 0 Å². The normalized spacial score (nSPS) is 18.4. The van der Waals surface area contributed by atoms with Crippen molar-refractivity contribution in [2.45, 2.75) is 25.3 Å². The summed E-state index contributed by atoms with van der Waals surface area (Å²) < 4.78 is 16.1. The third-order valence-electron chi connectivity index (χ3n) is 5.85. The molecule has 3 heterocycles. The molecule has 1 fully saturated rings. The highest BCUT2D eigenvalue weighted by molar-refractivity contribution is 5.98. The minimum absolute atomic E-state index is 0.0277. The van der Waals surface area contributed by atoms with Crippen LogP contribution in [-0.2, 0) is 13.0 Å². The zero-order valence-corrected chi connectivity index (χ0v) is 14.8. The van der Waals surface area contributed by atoms with Gasteiger partial charge in [-0.05, 0) is 36.1 Å². The Morgan fingerprint density at radius 2 is 1.93 bits per heavy atom. The number of aromatic nitrogens is 1. The zero-order valence-electron chi connectivity index (χ0n) is 14.8. The molecule has 0 bridgehead atoms. The molecule has 2 aromatic carbocycles. The number of carbonyl (C=O) groups excluding carboxylic acids is 1. The molecule has 136 valence electrons. The van der Waals surface area contributed by atoms with Crippen molar-refractivity contribution in [3.05, 3.63) is 81.4 Å². The second kappa shape index (κ2) is 6.05. The molecule has 3 aromatic rings. The van der Waals surface area contributed by atoms with Gasteiger partial charge in [-0.3, -0.25) is 9.59 Å². The van der Waals surface area contributed by atoms with Gasteiger partial charge in [-0.1, -0.05) is 30.3 Å². The van der Waals surface area contributed by atoms with Gasteiger partial charge in [0.2, 0.25) is 5.43 Å². The van der Waals surface area contributed by atoms with Gasteiger partial charge in [0, 0.05) is 37.1 Å². The lowest BCUT2D eigenvalue weighted by Gasteiger charge is -2.18. The van der Waals surface area contributed by atoms with Gasteiger partial charge >= 0.3 is 0 Å². The maximum atomic E-state index is 14.1. The summed E-state index contributed by atoms with van der Waals surface area (Å²) in [4.78, 5) is 27.7. The quantitative estimate of drug-likeness (QED) is 0.702. The van der Waals surface area contributed by atoms with Crippen LogP contribution < -0.4 is 5.43 Å². The average Bonchev–Trinajstić information content (AvgIpc) is 3.33. The molecule has 1 aromatic heterocycles. The number of hydrogen-bond donors (Lipinski definition) is 0. The van der Waals surface area contributed by atoms with Crippen molar-refractivity contribution < 1.29 is 9.18 Å². The number of rotatable bonds is 2. The first-order chi connectivity index (χ1) is 13.1. The molecule has 5 rings (SSSR count). The second-order valence-electron chi connectivity index (χ2n) is 7.39. The summed E-state index contributed by atoms with van der Waals surface area (Å²) in [6, 6.07) is 12.4. The van der Waals surface area contributed by atoms with Crippen LogP contribution in [0.5, 0.6) is 0 Å². The topological polar surface area (TPSA) is 42.3 Å². The highest BCUT2D eigenvalue weighted by Crippen LogP contribution is 2.30. The summed E-state index contributed by atoms with van der Waals surface area (Å²) in [5.74, 6) is -0.509. The summed E-state index contributed by atoms with van der Waals surface area (Å²) in [5.41, 5.74) is 2.76. The second-order valence-corrected chi connectivity index (χ2v) is 7.39. The number of amides is 1. The van der Waals surface area contributed by atoms with Crippen LogP contribution in [0.2, 0.25) is 0 Å². The summed E-state index contributed by atoms with van der Waals surface area (Å²) in [6.07, 6.45) is 3.30. The summed E-state index contributed by atoms with van der Waals surface area (Å²) >= 11 is 0. The Morgan fingerprint density at radius 3 is 2.78 bits per heavy atom. The van der Waals surface area contributed by atoms with Crippen molar-refractivity contribution >= 4 is 16.8 Å². The first-order valence-electron chi connectivity index (χ1n) is 9.32. The molecular weight excluding hydrogens is 343 g/mol. The van der Waals surface area contributed by atoms with Crippen molar-refractivity contribution in [2.24, 2.45) is 0 Å². The van der Waals surface area contributed by atoms with E-state index in [9.17, 15) is 14.0 Å². The predicted molar refractivity (Wildman–Crippen MR) is 102 cm³/mol. The Balaban J connectivity index is 1.49. The summed E-state index contributed by atoms with van der Waals surface area (Å²) in [5, 5.41) is 0.612. The summed E-state index contributed by atoms with van der Waals surface area (Å²) in [7, 11) is 0. The first-order valence-corrected chi connectivity index (χ1v) is 9.32. The fourth-order valence-electron chi connectivity index (χ4n) is 4.48. The van der Waals surface area contributed by atoms with Gasteiger partial charge in [0.1, 0.15) is 11.4 Å². The number of para-hydroxylation sites is 1.